The van der Waals surface area contributed by atoms with Crippen LogP contribution in [-0.4, -0.2) is 17.7 Å². The van der Waals surface area contributed by atoms with Gasteiger partial charge in [-0.3, -0.25) is 4.79 Å². The van der Waals surface area contributed by atoms with Crippen LogP contribution in [0, 0.1) is 0 Å². The monoisotopic (exact) mass is 346 g/mol. The van der Waals surface area contributed by atoms with E-state index in [1.54, 1.807) is 30.3 Å². The summed E-state index contributed by atoms with van der Waals surface area (Å²) in [6.45, 7) is 0. The smallest absolute Gasteiger partial charge is 0.340 e. The van der Waals surface area contributed by atoms with Crippen molar-refractivity contribution in [2.45, 2.75) is 5.60 Å². The fourth-order valence-corrected chi connectivity index (χ4v) is 3.81. The summed E-state index contributed by atoms with van der Waals surface area (Å²) < 4.78 is 12.0. The number of benzene rings is 3. The molecular weight excluding hydrogens is 332 g/mol. The lowest BCUT2D eigenvalue weighted by atomic mass is 9.76. The Labute approximate surface area is 149 Å². The molecule has 1 unspecified atom stereocenters. The van der Waals surface area contributed by atoms with Crippen molar-refractivity contribution in [3.63, 3.8) is 0 Å². The van der Waals surface area contributed by atoms with Crippen molar-refractivity contribution in [3.05, 3.63) is 94.5 Å². The van der Waals surface area contributed by atoms with Gasteiger partial charge in [-0.15, -0.1) is 0 Å². The van der Waals surface area contributed by atoms with Crippen molar-refractivity contribution >= 4 is 12.3 Å². The Kier molecular flexibility index (Phi) is 3.42. The largest absolute Gasteiger partial charge is 0.456 e. The average Bonchev–Trinajstić information content (AvgIpc) is 2.95. The number of para-hydroxylation sites is 1. The van der Waals surface area contributed by atoms with Crippen molar-refractivity contribution in [1.29, 1.82) is 0 Å². The molecule has 128 valence electrons. The molecule has 0 saturated heterocycles. The van der Waals surface area contributed by atoms with E-state index < -0.39 is 11.6 Å². The zero-order chi connectivity index (χ0) is 17.0. The molecule has 26 heavy (non-hydrogen) atoms. The molecule has 1 atom stereocenters. The lowest BCUT2D eigenvalue weighted by molar-refractivity contribution is 0.0221. The highest BCUT2D eigenvalue weighted by molar-refractivity contribution is 5.98. The maximum atomic E-state index is 12.6. The third kappa shape index (κ3) is 1.83. The Bertz CT molecular complexity index is 1060. The Morgan fingerprint density at radius 3 is 2.31 bits per heavy atom. The molecule has 0 aromatic heterocycles. The second-order valence-corrected chi connectivity index (χ2v) is 6.05. The number of rotatable bonds is 1. The molecule has 3 aromatic carbocycles. The van der Waals surface area contributed by atoms with E-state index in [1.165, 1.54) is 0 Å². The van der Waals surface area contributed by atoms with E-state index in [0.717, 1.165) is 17.4 Å². The van der Waals surface area contributed by atoms with Crippen LogP contribution in [0.15, 0.2) is 66.7 Å². The van der Waals surface area contributed by atoms with Gasteiger partial charge < -0.3 is 14.9 Å². The van der Waals surface area contributed by atoms with Gasteiger partial charge in [0.05, 0.1) is 11.1 Å². The molecule has 0 amide bonds. The highest BCUT2D eigenvalue weighted by Gasteiger charge is 2.54. The molecule has 1 spiro atoms. The van der Waals surface area contributed by atoms with Gasteiger partial charge in [-0.1, -0.05) is 48.5 Å². The number of carbonyl (C=O) groups excluding carboxylic acids is 2. The quantitative estimate of drug-likeness (QED) is 0.500. The number of hydrogen-bond acceptors (Lipinski definition) is 4. The van der Waals surface area contributed by atoms with E-state index in [0.29, 0.717) is 28.2 Å². The maximum Gasteiger partial charge on any atom is 0.340 e. The molecule has 5 rings (SSSR count). The van der Waals surface area contributed by atoms with E-state index in [9.17, 15) is 9.59 Å². The molecule has 0 radical (unpaired) electrons. The topological polar surface area (TPSA) is 84.1 Å². The molecule has 0 fully saturated rings. The van der Waals surface area contributed by atoms with Crippen LogP contribution in [-0.2, 0) is 10.3 Å². The first-order chi connectivity index (χ1) is 12.3. The lowest BCUT2D eigenvalue weighted by Gasteiger charge is -2.37. The zero-order valence-corrected chi connectivity index (χ0v) is 13.6. The molecule has 0 saturated carbocycles. The Balaban J connectivity index is 0.00000168. The normalized spacial score (nSPS) is 18.7. The predicted octanol–water partition coefficient (Wildman–Crippen LogP) is 3.24. The van der Waals surface area contributed by atoms with E-state index in [4.69, 9.17) is 9.47 Å². The first kappa shape index (κ1) is 16.1. The van der Waals surface area contributed by atoms with Crippen LogP contribution in [0.3, 0.4) is 0 Å². The summed E-state index contributed by atoms with van der Waals surface area (Å²) in [4.78, 5) is 24.3. The molecule has 3 aromatic rings. The Morgan fingerprint density at radius 2 is 1.50 bits per heavy atom. The maximum absolute atomic E-state index is 12.6. The summed E-state index contributed by atoms with van der Waals surface area (Å²) in [6, 6.07) is 20.0. The molecule has 2 aliphatic heterocycles. The summed E-state index contributed by atoms with van der Waals surface area (Å²) in [5.41, 5.74) is 1.79. The average molecular weight is 346 g/mol. The number of carbonyl (C=O) groups is 2. The molecule has 2 aliphatic rings. The van der Waals surface area contributed by atoms with Crippen LogP contribution in [0.25, 0.3) is 0 Å². The Morgan fingerprint density at radius 1 is 0.808 bits per heavy atom. The first-order valence-electron chi connectivity index (χ1n) is 7.94. The van der Waals surface area contributed by atoms with E-state index in [1.807, 2.05) is 36.4 Å². The molecule has 0 aliphatic carbocycles. The van der Waals surface area contributed by atoms with E-state index in [2.05, 4.69) is 0 Å². The SMILES string of the molecule is O.O=Cc1cccc2c1C1(OC(=O)c3ccccc31)c1ccccc1O2. The fourth-order valence-electron chi connectivity index (χ4n) is 3.81. The van der Waals surface area contributed by atoms with Gasteiger partial charge in [-0.2, -0.15) is 0 Å². The van der Waals surface area contributed by atoms with Crippen molar-refractivity contribution in [2.75, 3.05) is 0 Å². The van der Waals surface area contributed by atoms with Crippen LogP contribution < -0.4 is 4.74 Å². The van der Waals surface area contributed by atoms with Gasteiger partial charge in [0.15, 0.2) is 11.9 Å². The van der Waals surface area contributed by atoms with Crippen LogP contribution >= 0.6 is 0 Å². The molecule has 5 heteroatoms. The molecule has 2 heterocycles. The van der Waals surface area contributed by atoms with Gasteiger partial charge >= 0.3 is 5.97 Å². The van der Waals surface area contributed by atoms with Crippen molar-refractivity contribution in [3.8, 4) is 11.5 Å². The highest BCUT2D eigenvalue weighted by Crippen LogP contribution is 2.56. The number of aldehydes is 1. The second-order valence-electron chi connectivity index (χ2n) is 6.05. The van der Waals surface area contributed by atoms with Gasteiger partial charge in [0, 0.05) is 16.7 Å². The Hall–Kier alpha value is -3.44. The fraction of sp³-hybridized carbons (Fsp3) is 0.0476. The lowest BCUT2D eigenvalue weighted by Crippen LogP contribution is -2.34. The van der Waals surface area contributed by atoms with Crippen molar-refractivity contribution in [2.24, 2.45) is 0 Å². The molecular formula is C21H14O5. The molecule has 2 N–H and O–H groups in total. The highest BCUT2D eigenvalue weighted by atomic mass is 16.6. The second kappa shape index (κ2) is 5.54. The van der Waals surface area contributed by atoms with Crippen LogP contribution in [0.2, 0.25) is 0 Å². The van der Waals surface area contributed by atoms with Gasteiger partial charge in [0.25, 0.3) is 0 Å². The van der Waals surface area contributed by atoms with Gasteiger partial charge in [0.2, 0.25) is 0 Å². The summed E-state index contributed by atoms with van der Waals surface area (Å²) in [5.74, 6) is 0.731. The summed E-state index contributed by atoms with van der Waals surface area (Å²) in [5, 5.41) is 0. The molecule has 5 nitrogen and oxygen atoms in total. The van der Waals surface area contributed by atoms with E-state index in [-0.39, 0.29) is 5.48 Å². The molecule has 0 bridgehead atoms. The third-order valence-electron chi connectivity index (χ3n) is 4.80. The minimum Gasteiger partial charge on any atom is -0.456 e. The van der Waals surface area contributed by atoms with E-state index >= 15 is 0 Å². The summed E-state index contributed by atoms with van der Waals surface area (Å²) in [6.07, 6.45) is 0.770. The van der Waals surface area contributed by atoms with Crippen LogP contribution in [0.4, 0.5) is 0 Å². The van der Waals surface area contributed by atoms with Crippen molar-refractivity contribution < 1.29 is 24.5 Å². The van der Waals surface area contributed by atoms with Gasteiger partial charge in [-0.05, 0) is 18.2 Å². The predicted molar refractivity (Wildman–Crippen MR) is 93.7 cm³/mol. The van der Waals surface area contributed by atoms with Crippen LogP contribution in [0.5, 0.6) is 11.5 Å². The minimum atomic E-state index is -1.17. The van der Waals surface area contributed by atoms with Crippen LogP contribution in [0.1, 0.15) is 37.4 Å². The van der Waals surface area contributed by atoms with Gasteiger partial charge in [-0.25, -0.2) is 4.79 Å². The number of fused-ring (bicyclic) bond motifs is 6. The number of esters is 1. The number of hydrogen-bond donors (Lipinski definition) is 0. The standard InChI is InChI=1S/C21H12O4.H2O/c22-12-13-6-5-11-18-19(13)21(16-9-3-4-10-17(16)24-18)15-8-2-1-7-14(15)20(23)25-21;/h1-12H;1H2. The number of ether oxygens (including phenoxy) is 2. The zero-order valence-electron chi connectivity index (χ0n) is 13.6. The first-order valence-corrected chi connectivity index (χ1v) is 7.94. The third-order valence-corrected chi connectivity index (χ3v) is 4.80. The minimum absolute atomic E-state index is 0. The van der Waals surface area contributed by atoms with Gasteiger partial charge in [0.1, 0.15) is 11.5 Å². The summed E-state index contributed by atoms with van der Waals surface area (Å²) >= 11 is 0. The van der Waals surface area contributed by atoms with Crippen molar-refractivity contribution in [1.82, 2.24) is 0 Å². The summed E-state index contributed by atoms with van der Waals surface area (Å²) in [7, 11) is 0.